The molecule has 3 atom stereocenters. The molecule has 0 saturated carbocycles. The maximum Gasteiger partial charge on any atom is 0.109 e. The summed E-state index contributed by atoms with van der Waals surface area (Å²) in [4.78, 5) is 1.81. The molecule has 6 nitrogen and oxygen atoms in total. The molecule has 6 heteroatoms. The minimum atomic E-state index is -0.562. The molecule has 0 bridgehead atoms. The Kier molecular flexibility index (Phi) is 46.8. The minimum absolute atomic E-state index is 0.0971. The number of aliphatic hydroxyl groups excluding tert-OH is 3. The number of hydrogen-bond donors (Lipinski definition) is 5. The SMILES string of the molecule is CCCCCCCCCCC(C)O.CCCCCCCCCCC(O)N(CCN)C(O)CCCCCCCCCC.CNC. The first-order valence-electron chi connectivity index (χ1n) is 19.4. The van der Waals surface area contributed by atoms with E-state index in [-0.39, 0.29) is 6.10 Å². The van der Waals surface area contributed by atoms with Crippen molar-refractivity contribution in [1.29, 1.82) is 0 Å². The molecule has 0 aromatic rings. The predicted molar refractivity (Wildman–Crippen MR) is 196 cm³/mol. The highest BCUT2D eigenvalue weighted by molar-refractivity contribution is 4.67. The monoisotopic (exact) mass is 632 g/mol. The van der Waals surface area contributed by atoms with Gasteiger partial charge >= 0.3 is 0 Å². The highest BCUT2D eigenvalue weighted by atomic mass is 16.3. The first kappa shape index (κ1) is 48.2. The van der Waals surface area contributed by atoms with E-state index in [9.17, 15) is 10.2 Å². The Morgan fingerprint density at radius 1 is 0.477 bits per heavy atom. The lowest BCUT2D eigenvalue weighted by atomic mass is 10.1. The van der Waals surface area contributed by atoms with Crippen LogP contribution in [0.15, 0.2) is 0 Å². The molecule has 0 aliphatic heterocycles. The van der Waals surface area contributed by atoms with Crippen LogP contribution in [0.25, 0.3) is 0 Å². The molecule has 0 amide bonds. The molecule has 0 fully saturated rings. The lowest BCUT2D eigenvalue weighted by molar-refractivity contribution is -0.107. The molecule has 3 unspecified atom stereocenters. The van der Waals surface area contributed by atoms with Crippen molar-refractivity contribution in [1.82, 2.24) is 10.2 Å². The van der Waals surface area contributed by atoms with Gasteiger partial charge in [0.1, 0.15) is 12.5 Å². The summed E-state index contributed by atoms with van der Waals surface area (Å²) in [5.41, 5.74) is 5.71. The molecule has 0 aliphatic carbocycles. The molecule has 0 heterocycles. The first-order valence-corrected chi connectivity index (χ1v) is 19.4. The molecular weight excluding hydrogens is 546 g/mol. The Morgan fingerprint density at radius 2 is 0.727 bits per heavy atom. The van der Waals surface area contributed by atoms with E-state index in [0.29, 0.717) is 13.1 Å². The van der Waals surface area contributed by atoms with Crippen molar-refractivity contribution < 1.29 is 15.3 Å². The van der Waals surface area contributed by atoms with Crippen molar-refractivity contribution >= 4 is 0 Å². The van der Waals surface area contributed by atoms with E-state index >= 15 is 0 Å². The van der Waals surface area contributed by atoms with Crippen LogP contribution < -0.4 is 11.1 Å². The lowest BCUT2D eigenvalue weighted by Crippen LogP contribution is -2.45. The van der Waals surface area contributed by atoms with Gasteiger partial charge in [0, 0.05) is 13.1 Å². The van der Waals surface area contributed by atoms with Crippen LogP contribution in [0, 0.1) is 0 Å². The molecule has 270 valence electrons. The number of rotatable bonds is 31. The van der Waals surface area contributed by atoms with Crippen LogP contribution in [-0.2, 0) is 0 Å². The topological polar surface area (TPSA) is 102 Å². The van der Waals surface area contributed by atoms with Gasteiger partial charge in [0.15, 0.2) is 0 Å². The summed E-state index contributed by atoms with van der Waals surface area (Å²) in [7, 11) is 3.75. The summed E-state index contributed by atoms with van der Waals surface area (Å²) < 4.78 is 0. The number of nitrogens with two attached hydrogens (primary N) is 1. The van der Waals surface area contributed by atoms with Gasteiger partial charge in [-0.25, -0.2) is 0 Å². The number of unbranched alkanes of at least 4 members (excludes halogenated alkanes) is 21. The number of hydrogen-bond acceptors (Lipinski definition) is 6. The summed E-state index contributed by atoms with van der Waals surface area (Å²) in [5.74, 6) is 0. The maximum atomic E-state index is 10.5. The number of nitrogens with one attached hydrogen (secondary N) is 1. The van der Waals surface area contributed by atoms with Gasteiger partial charge in [0.25, 0.3) is 0 Å². The third-order valence-corrected chi connectivity index (χ3v) is 8.26. The summed E-state index contributed by atoms with van der Waals surface area (Å²) in [6.07, 6.45) is 32.3. The van der Waals surface area contributed by atoms with Crippen LogP contribution in [0.5, 0.6) is 0 Å². The molecular formula is C38H85N3O3. The molecule has 44 heavy (non-hydrogen) atoms. The fourth-order valence-electron chi connectivity index (χ4n) is 5.47. The number of aliphatic hydroxyl groups is 3. The third-order valence-electron chi connectivity index (χ3n) is 8.26. The Morgan fingerprint density at radius 3 is 0.977 bits per heavy atom. The summed E-state index contributed by atoms with van der Waals surface area (Å²) in [6.45, 7) is 9.67. The normalized spacial score (nSPS) is 13.2. The molecule has 6 N–H and O–H groups in total. The molecule has 0 aliphatic rings. The van der Waals surface area contributed by atoms with Gasteiger partial charge in [-0.1, -0.05) is 162 Å². The van der Waals surface area contributed by atoms with Crippen molar-refractivity contribution in [3.05, 3.63) is 0 Å². The Balaban J connectivity index is -0.000000871. The van der Waals surface area contributed by atoms with E-state index in [1.807, 2.05) is 25.9 Å². The molecule has 0 aromatic carbocycles. The highest BCUT2D eigenvalue weighted by Crippen LogP contribution is 2.17. The molecule has 0 spiro atoms. The van der Waals surface area contributed by atoms with Gasteiger partial charge in [0.2, 0.25) is 0 Å². The van der Waals surface area contributed by atoms with Crippen molar-refractivity contribution in [2.24, 2.45) is 5.73 Å². The van der Waals surface area contributed by atoms with Crippen LogP contribution in [-0.4, -0.2) is 66.0 Å². The molecule has 0 aromatic heterocycles. The fraction of sp³-hybridized carbons (Fsp3) is 1.00. The second-order valence-electron chi connectivity index (χ2n) is 13.1. The average Bonchev–Trinajstić information content (AvgIpc) is 3.00. The first-order chi connectivity index (χ1) is 21.4. The van der Waals surface area contributed by atoms with E-state index in [0.717, 1.165) is 32.1 Å². The van der Waals surface area contributed by atoms with Gasteiger partial charge in [-0.2, -0.15) is 0 Å². The minimum Gasteiger partial charge on any atom is -0.393 e. The summed E-state index contributed by atoms with van der Waals surface area (Å²) in [5, 5.41) is 32.8. The fourth-order valence-corrected chi connectivity index (χ4v) is 5.47. The van der Waals surface area contributed by atoms with E-state index in [4.69, 9.17) is 10.8 Å². The van der Waals surface area contributed by atoms with E-state index < -0.39 is 12.5 Å². The Labute approximate surface area is 277 Å². The van der Waals surface area contributed by atoms with Crippen LogP contribution in [0.3, 0.4) is 0 Å². The van der Waals surface area contributed by atoms with Crippen LogP contribution >= 0.6 is 0 Å². The van der Waals surface area contributed by atoms with Crippen LogP contribution in [0.2, 0.25) is 0 Å². The second kappa shape index (κ2) is 42.8. The lowest BCUT2D eigenvalue weighted by Gasteiger charge is -2.32. The molecule has 0 radical (unpaired) electrons. The maximum absolute atomic E-state index is 10.5. The van der Waals surface area contributed by atoms with Gasteiger partial charge in [0.05, 0.1) is 6.10 Å². The van der Waals surface area contributed by atoms with Crippen molar-refractivity contribution in [2.75, 3.05) is 27.2 Å². The van der Waals surface area contributed by atoms with Crippen LogP contribution in [0.1, 0.15) is 201 Å². The molecule has 0 saturated heterocycles. The van der Waals surface area contributed by atoms with E-state index in [1.165, 1.54) is 141 Å². The van der Waals surface area contributed by atoms with Crippen molar-refractivity contribution in [3.8, 4) is 0 Å². The molecule has 0 rings (SSSR count). The van der Waals surface area contributed by atoms with Crippen molar-refractivity contribution in [2.45, 2.75) is 220 Å². The van der Waals surface area contributed by atoms with Gasteiger partial charge in [-0.05, 0) is 53.1 Å². The largest absolute Gasteiger partial charge is 0.393 e. The summed E-state index contributed by atoms with van der Waals surface area (Å²) in [6, 6.07) is 0. The third kappa shape index (κ3) is 41.8. The predicted octanol–water partition coefficient (Wildman–Crippen LogP) is 9.68. The Hall–Kier alpha value is -0.240. The van der Waals surface area contributed by atoms with Gasteiger partial charge < -0.3 is 26.4 Å². The highest BCUT2D eigenvalue weighted by Gasteiger charge is 2.21. The average molecular weight is 632 g/mol. The van der Waals surface area contributed by atoms with Crippen LogP contribution in [0.4, 0.5) is 0 Å². The zero-order valence-corrected chi connectivity index (χ0v) is 31.1. The van der Waals surface area contributed by atoms with Gasteiger partial charge in [-0.3, -0.25) is 4.90 Å². The van der Waals surface area contributed by atoms with Gasteiger partial charge in [-0.15, -0.1) is 0 Å². The Bertz CT molecular complexity index is 456. The smallest absolute Gasteiger partial charge is 0.109 e. The zero-order valence-electron chi connectivity index (χ0n) is 31.1. The quantitative estimate of drug-likeness (QED) is 0.0386. The second-order valence-corrected chi connectivity index (χ2v) is 13.1. The zero-order chi connectivity index (χ0) is 33.5. The number of nitrogens with zero attached hydrogens (tertiary/aromatic N) is 1. The van der Waals surface area contributed by atoms with E-state index in [1.54, 1.807) is 0 Å². The standard InChI is InChI=1S/C24H52N2O2.C12H26O.C2H7N/c1-3-5-7-9-11-13-15-17-19-23(27)26(22-21-25)24(28)20-18-16-14-12-10-8-6-4-2;1-3-4-5-6-7-8-9-10-11-12(2)13;1-3-2/h23-24,27-28H,3-22,25H2,1-2H3;12-13H,3-11H2,1-2H3;3H,1-2H3. The van der Waals surface area contributed by atoms with Crippen molar-refractivity contribution in [3.63, 3.8) is 0 Å². The summed E-state index contributed by atoms with van der Waals surface area (Å²) >= 11 is 0. The van der Waals surface area contributed by atoms with E-state index in [2.05, 4.69) is 26.1 Å².